The van der Waals surface area contributed by atoms with Crippen LogP contribution in [-0.2, 0) is 9.59 Å². The van der Waals surface area contributed by atoms with Gasteiger partial charge in [0.15, 0.2) is 0 Å². The molecule has 2 fully saturated rings. The van der Waals surface area contributed by atoms with Crippen LogP contribution in [0.2, 0.25) is 0 Å². The number of allylic oxidation sites excluding steroid dienone is 2. The van der Waals surface area contributed by atoms with E-state index in [0.717, 1.165) is 12.8 Å². The third-order valence-corrected chi connectivity index (χ3v) is 4.58. The lowest BCUT2D eigenvalue weighted by atomic mass is 9.85. The van der Waals surface area contributed by atoms with Crippen molar-refractivity contribution in [1.82, 2.24) is 4.90 Å². The van der Waals surface area contributed by atoms with Gasteiger partial charge in [-0.3, -0.25) is 14.5 Å². The summed E-state index contributed by atoms with van der Waals surface area (Å²) in [6, 6.07) is 0. The summed E-state index contributed by atoms with van der Waals surface area (Å²) in [5.41, 5.74) is 0. The summed E-state index contributed by atoms with van der Waals surface area (Å²) in [4.78, 5) is 25.9. The number of hydrogen-bond donors (Lipinski definition) is 1. The Bertz CT molecular complexity index is 387. The van der Waals surface area contributed by atoms with E-state index in [9.17, 15) is 14.7 Å². The Labute approximate surface area is 107 Å². The molecule has 5 atom stereocenters. The van der Waals surface area contributed by atoms with Crippen molar-refractivity contribution >= 4 is 11.8 Å². The van der Waals surface area contributed by atoms with Crippen molar-refractivity contribution in [3.63, 3.8) is 0 Å². The Morgan fingerprint density at radius 2 is 1.83 bits per heavy atom. The first-order chi connectivity index (χ1) is 8.63. The lowest BCUT2D eigenvalue weighted by molar-refractivity contribution is -0.142. The van der Waals surface area contributed by atoms with Crippen LogP contribution in [0.4, 0.5) is 0 Å². The highest BCUT2D eigenvalue weighted by atomic mass is 16.3. The first-order valence-corrected chi connectivity index (χ1v) is 6.85. The van der Waals surface area contributed by atoms with Gasteiger partial charge in [0, 0.05) is 0 Å². The molecule has 2 amide bonds. The molecular formula is C14H19NO3. The zero-order valence-electron chi connectivity index (χ0n) is 10.6. The number of likely N-dealkylation sites (tertiary alicyclic amines) is 1. The van der Waals surface area contributed by atoms with Crippen LogP contribution in [0.3, 0.4) is 0 Å². The molecule has 1 saturated carbocycles. The first kappa shape index (κ1) is 11.9. The smallest absolute Gasteiger partial charge is 0.233 e. The van der Waals surface area contributed by atoms with Crippen LogP contribution in [-0.4, -0.2) is 34.5 Å². The molecule has 0 spiro atoms. The van der Waals surface area contributed by atoms with Gasteiger partial charge in [-0.1, -0.05) is 25.5 Å². The fourth-order valence-corrected chi connectivity index (χ4v) is 3.78. The molecule has 3 rings (SSSR count). The predicted molar refractivity (Wildman–Crippen MR) is 65.4 cm³/mol. The van der Waals surface area contributed by atoms with Crippen molar-refractivity contribution in [2.45, 2.75) is 32.3 Å². The van der Waals surface area contributed by atoms with Crippen molar-refractivity contribution in [1.29, 1.82) is 0 Å². The summed E-state index contributed by atoms with van der Waals surface area (Å²) in [5.74, 6) is 0.117. The van der Waals surface area contributed by atoms with E-state index >= 15 is 0 Å². The normalized spacial score (nSPS) is 38.7. The number of fused-ring (bicyclic) bond motifs is 5. The SMILES string of the molecule is CCCC(O)CN1C(=O)C2C3C=CC(C3)C2C1=O. The average molecular weight is 249 g/mol. The maximum absolute atomic E-state index is 12.3. The van der Waals surface area contributed by atoms with Gasteiger partial charge in [-0.25, -0.2) is 0 Å². The van der Waals surface area contributed by atoms with E-state index in [1.807, 2.05) is 6.92 Å². The van der Waals surface area contributed by atoms with Gasteiger partial charge >= 0.3 is 0 Å². The molecule has 2 bridgehead atoms. The van der Waals surface area contributed by atoms with Crippen LogP contribution in [0, 0.1) is 23.7 Å². The van der Waals surface area contributed by atoms with E-state index in [4.69, 9.17) is 0 Å². The zero-order valence-corrected chi connectivity index (χ0v) is 10.6. The minimum Gasteiger partial charge on any atom is -0.391 e. The van der Waals surface area contributed by atoms with E-state index in [1.54, 1.807) is 0 Å². The number of aliphatic hydroxyl groups excluding tert-OH is 1. The summed E-state index contributed by atoms with van der Waals surface area (Å²) < 4.78 is 0. The summed E-state index contributed by atoms with van der Waals surface area (Å²) >= 11 is 0. The van der Waals surface area contributed by atoms with Gasteiger partial charge in [0.1, 0.15) is 0 Å². The molecule has 4 nitrogen and oxygen atoms in total. The molecular weight excluding hydrogens is 230 g/mol. The molecule has 0 aromatic carbocycles. The standard InChI is InChI=1S/C14H19NO3/c1-2-3-10(16)7-15-13(17)11-8-4-5-9(6-8)12(11)14(15)18/h4-5,8-12,16H,2-3,6-7H2,1H3. The molecule has 0 aromatic rings. The first-order valence-electron chi connectivity index (χ1n) is 6.85. The monoisotopic (exact) mass is 249 g/mol. The van der Waals surface area contributed by atoms with Gasteiger partial charge in [-0.2, -0.15) is 0 Å². The van der Waals surface area contributed by atoms with Crippen LogP contribution in [0.15, 0.2) is 12.2 Å². The van der Waals surface area contributed by atoms with E-state index < -0.39 is 6.10 Å². The van der Waals surface area contributed by atoms with E-state index in [1.165, 1.54) is 4.90 Å². The second-order valence-corrected chi connectivity index (χ2v) is 5.73. The van der Waals surface area contributed by atoms with Crippen LogP contribution < -0.4 is 0 Å². The quantitative estimate of drug-likeness (QED) is 0.596. The molecule has 18 heavy (non-hydrogen) atoms. The van der Waals surface area contributed by atoms with E-state index in [-0.39, 0.29) is 42.0 Å². The molecule has 4 heteroatoms. The number of amides is 2. The average Bonchev–Trinajstić information content (AvgIpc) is 2.99. The van der Waals surface area contributed by atoms with Gasteiger partial charge in [0.05, 0.1) is 24.5 Å². The number of β-amino-alcohol motifs (C(OH)–C–C–N with tert-alkyl or cyclic N) is 1. The molecule has 2 aliphatic carbocycles. The molecule has 1 N–H and O–H groups in total. The maximum Gasteiger partial charge on any atom is 0.233 e. The van der Waals surface area contributed by atoms with Crippen LogP contribution in [0.1, 0.15) is 26.2 Å². The Kier molecular flexibility index (Phi) is 2.77. The zero-order chi connectivity index (χ0) is 12.9. The molecule has 98 valence electrons. The summed E-state index contributed by atoms with van der Waals surface area (Å²) in [6.45, 7) is 2.16. The van der Waals surface area contributed by atoms with Crippen molar-refractivity contribution < 1.29 is 14.7 Å². The second kappa shape index (κ2) is 4.19. The largest absolute Gasteiger partial charge is 0.391 e. The van der Waals surface area contributed by atoms with Gasteiger partial charge in [-0.15, -0.1) is 0 Å². The Morgan fingerprint density at radius 1 is 1.28 bits per heavy atom. The van der Waals surface area contributed by atoms with Crippen molar-refractivity contribution in [3.8, 4) is 0 Å². The van der Waals surface area contributed by atoms with Gasteiger partial charge in [0.2, 0.25) is 11.8 Å². The van der Waals surface area contributed by atoms with Crippen LogP contribution >= 0.6 is 0 Å². The number of carbonyl (C=O) groups is 2. The third-order valence-electron chi connectivity index (χ3n) is 4.58. The number of aliphatic hydroxyl groups is 1. The molecule has 0 radical (unpaired) electrons. The van der Waals surface area contributed by atoms with Gasteiger partial charge in [0.25, 0.3) is 0 Å². The van der Waals surface area contributed by atoms with Gasteiger partial charge in [-0.05, 0) is 24.7 Å². The van der Waals surface area contributed by atoms with Crippen molar-refractivity contribution in [3.05, 3.63) is 12.2 Å². The topological polar surface area (TPSA) is 57.6 Å². The number of imide groups is 1. The fraction of sp³-hybridized carbons (Fsp3) is 0.714. The highest BCUT2D eigenvalue weighted by Gasteiger charge is 2.59. The molecule has 1 aliphatic heterocycles. The van der Waals surface area contributed by atoms with E-state index in [2.05, 4.69) is 12.2 Å². The Balaban J connectivity index is 1.76. The van der Waals surface area contributed by atoms with Crippen molar-refractivity contribution in [2.75, 3.05) is 6.54 Å². The lowest BCUT2D eigenvalue weighted by Gasteiger charge is -2.20. The molecule has 3 aliphatic rings. The Morgan fingerprint density at radius 3 is 2.33 bits per heavy atom. The number of nitrogens with zero attached hydrogens (tertiary/aromatic N) is 1. The van der Waals surface area contributed by atoms with E-state index in [0.29, 0.717) is 6.42 Å². The van der Waals surface area contributed by atoms with Crippen LogP contribution in [0.5, 0.6) is 0 Å². The fourth-order valence-electron chi connectivity index (χ4n) is 3.78. The maximum atomic E-state index is 12.3. The molecule has 1 saturated heterocycles. The van der Waals surface area contributed by atoms with Crippen molar-refractivity contribution in [2.24, 2.45) is 23.7 Å². The summed E-state index contributed by atoms with van der Waals surface area (Å²) in [5, 5.41) is 9.79. The summed E-state index contributed by atoms with van der Waals surface area (Å²) in [7, 11) is 0. The third kappa shape index (κ3) is 1.55. The predicted octanol–water partition coefficient (Wildman–Crippen LogP) is 0.955. The molecule has 0 aromatic heterocycles. The number of hydrogen-bond acceptors (Lipinski definition) is 3. The van der Waals surface area contributed by atoms with Crippen LogP contribution in [0.25, 0.3) is 0 Å². The number of rotatable bonds is 4. The highest BCUT2D eigenvalue weighted by molar-refractivity contribution is 6.06. The second-order valence-electron chi connectivity index (χ2n) is 5.73. The van der Waals surface area contributed by atoms with Gasteiger partial charge < -0.3 is 5.11 Å². The number of carbonyl (C=O) groups excluding carboxylic acids is 2. The molecule has 5 unspecified atom stereocenters. The molecule has 1 heterocycles. The lowest BCUT2D eigenvalue weighted by Crippen LogP contribution is -2.38. The minimum atomic E-state index is -0.577. The minimum absolute atomic E-state index is 0.0583. The Hall–Kier alpha value is -1.16. The highest BCUT2D eigenvalue weighted by Crippen LogP contribution is 2.52. The summed E-state index contributed by atoms with van der Waals surface area (Å²) in [6.07, 6.45) is 6.05.